The van der Waals surface area contributed by atoms with Gasteiger partial charge in [0.25, 0.3) is 0 Å². The average Bonchev–Trinajstić information content (AvgIpc) is 3.20. The maximum absolute atomic E-state index is 12.3. The average molecular weight is 273 g/mol. The van der Waals surface area contributed by atoms with E-state index in [1.165, 1.54) is 38.5 Å². The van der Waals surface area contributed by atoms with Gasteiger partial charge >= 0.3 is 0 Å². The van der Waals surface area contributed by atoms with E-state index in [1.807, 2.05) is 0 Å². The van der Waals surface area contributed by atoms with Crippen LogP contribution in [0.15, 0.2) is 0 Å². The van der Waals surface area contributed by atoms with Crippen molar-refractivity contribution in [1.82, 2.24) is 5.32 Å². The second-order valence-corrected chi connectivity index (χ2v) is 6.52. The molecule has 3 fully saturated rings. The Bertz CT molecular complexity index is 320. The maximum Gasteiger partial charge on any atom is 0.224 e. The third-order valence-corrected chi connectivity index (χ3v) is 5.27. The highest BCUT2D eigenvalue weighted by Crippen LogP contribution is 2.55. The molecule has 0 radical (unpaired) electrons. The van der Waals surface area contributed by atoms with E-state index >= 15 is 0 Å². The molecule has 4 heteroatoms. The highest BCUT2D eigenvalue weighted by molar-refractivity contribution is 5.85. The summed E-state index contributed by atoms with van der Waals surface area (Å²) in [5, 5.41) is 3.26. The molecule has 0 spiro atoms. The Hall–Kier alpha value is -0.280. The molecule has 104 valence electrons. The molecule has 1 amide bonds. The van der Waals surface area contributed by atoms with Crippen LogP contribution >= 0.6 is 12.4 Å². The Morgan fingerprint density at radius 1 is 1.22 bits per heavy atom. The molecule has 0 aromatic heterocycles. The third-order valence-electron chi connectivity index (χ3n) is 5.27. The van der Waals surface area contributed by atoms with Crippen LogP contribution in [0.2, 0.25) is 0 Å². The van der Waals surface area contributed by atoms with Crippen LogP contribution in [0.5, 0.6) is 0 Å². The van der Waals surface area contributed by atoms with Crippen LogP contribution in [-0.2, 0) is 4.79 Å². The minimum atomic E-state index is -0.136. The van der Waals surface area contributed by atoms with Crippen LogP contribution in [-0.4, -0.2) is 18.0 Å². The van der Waals surface area contributed by atoms with Crippen molar-refractivity contribution in [3.8, 4) is 0 Å². The molecule has 3 N–H and O–H groups in total. The molecule has 3 atom stereocenters. The number of nitrogens with one attached hydrogen (secondary N) is 1. The summed E-state index contributed by atoms with van der Waals surface area (Å²) < 4.78 is 0. The molecule has 3 aliphatic rings. The first kappa shape index (κ1) is 14.1. The van der Waals surface area contributed by atoms with Gasteiger partial charge in [-0.2, -0.15) is 0 Å². The molecule has 0 saturated heterocycles. The van der Waals surface area contributed by atoms with E-state index in [0.717, 1.165) is 0 Å². The van der Waals surface area contributed by atoms with Crippen LogP contribution in [0.25, 0.3) is 0 Å². The summed E-state index contributed by atoms with van der Waals surface area (Å²) >= 11 is 0. The third kappa shape index (κ3) is 2.39. The summed E-state index contributed by atoms with van der Waals surface area (Å²) in [7, 11) is 0. The Labute approximate surface area is 116 Å². The van der Waals surface area contributed by atoms with Crippen molar-refractivity contribution >= 4 is 18.3 Å². The zero-order valence-corrected chi connectivity index (χ0v) is 12.0. The number of carbonyl (C=O) groups excluding carboxylic acids is 1. The van der Waals surface area contributed by atoms with Crippen molar-refractivity contribution in [2.45, 2.75) is 51.0 Å². The molecule has 3 rings (SSSR count). The number of amides is 1. The number of rotatable bonds is 4. The normalized spacial score (nSPS) is 36.9. The lowest BCUT2D eigenvalue weighted by Crippen LogP contribution is -2.53. The van der Waals surface area contributed by atoms with Crippen LogP contribution in [0.4, 0.5) is 0 Å². The zero-order valence-electron chi connectivity index (χ0n) is 11.2. The molecule has 3 nitrogen and oxygen atoms in total. The van der Waals surface area contributed by atoms with Crippen molar-refractivity contribution in [1.29, 1.82) is 0 Å². The fourth-order valence-corrected chi connectivity index (χ4v) is 3.79. The first-order valence-electron chi connectivity index (χ1n) is 7.18. The monoisotopic (exact) mass is 272 g/mol. The Morgan fingerprint density at radius 2 is 1.78 bits per heavy atom. The summed E-state index contributed by atoms with van der Waals surface area (Å²) in [6, 6.07) is 0. The van der Waals surface area contributed by atoms with Crippen LogP contribution in [0, 0.1) is 23.7 Å². The lowest BCUT2D eigenvalue weighted by atomic mass is 9.95. The Kier molecular flexibility index (Phi) is 3.93. The largest absolute Gasteiger partial charge is 0.349 e. The zero-order chi connectivity index (χ0) is 12.0. The van der Waals surface area contributed by atoms with E-state index in [0.29, 0.717) is 36.1 Å². The van der Waals surface area contributed by atoms with E-state index in [-0.39, 0.29) is 17.9 Å². The molecule has 0 aromatic carbocycles. The van der Waals surface area contributed by atoms with E-state index in [4.69, 9.17) is 5.73 Å². The summed E-state index contributed by atoms with van der Waals surface area (Å²) in [4.78, 5) is 12.3. The van der Waals surface area contributed by atoms with Crippen LogP contribution < -0.4 is 11.1 Å². The fourth-order valence-electron chi connectivity index (χ4n) is 3.79. The van der Waals surface area contributed by atoms with Crippen molar-refractivity contribution in [2.75, 3.05) is 6.54 Å². The van der Waals surface area contributed by atoms with Crippen LogP contribution in [0.1, 0.15) is 45.4 Å². The molecule has 0 heterocycles. The van der Waals surface area contributed by atoms with Gasteiger partial charge in [0.05, 0.1) is 5.54 Å². The first-order chi connectivity index (χ1) is 8.15. The number of nitrogens with two attached hydrogens (primary N) is 1. The summed E-state index contributed by atoms with van der Waals surface area (Å²) in [5.74, 6) is 2.64. The molecular weight excluding hydrogens is 248 g/mol. The second kappa shape index (κ2) is 5.01. The van der Waals surface area contributed by atoms with E-state index in [2.05, 4.69) is 12.2 Å². The predicted molar refractivity (Wildman–Crippen MR) is 74.5 cm³/mol. The summed E-state index contributed by atoms with van der Waals surface area (Å²) in [5.41, 5.74) is 5.71. The number of halogens is 1. The SMILES string of the molecule is CC(CN)(NC(=O)C1C2CCCCC21)C1CC1.Cl. The van der Waals surface area contributed by atoms with Gasteiger partial charge in [-0.3, -0.25) is 4.79 Å². The van der Waals surface area contributed by atoms with Crippen molar-refractivity contribution < 1.29 is 4.79 Å². The second-order valence-electron chi connectivity index (χ2n) is 6.52. The number of carbonyl (C=O) groups is 1. The van der Waals surface area contributed by atoms with E-state index in [1.54, 1.807) is 0 Å². The van der Waals surface area contributed by atoms with E-state index < -0.39 is 0 Å². The smallest absolute Gasteiger partial charge is 0.224 e. The molecule has 0 bridgehead atoms. The Balaban J connectivity index is 0.00000120. The molecular formula is C14H25ClN2O. The molecule has 3 unspecified atom stereocenters. The number of hydrogen-bond donors (Lipinski definition) is 2. The summed E-state index contributed by atoms with van der Waals surface area (Å²) in [6.07, 6.45) is 7.64. The summed E-state index contributed by atoms with van der Waals surface area (Å²) in [6.45, 7) is 2.69. The molecule has 18 heavy (non-hydrogen) atoms. The van der Waals surface area contributed by atoms with E-state index in [9.17, 15) is 4.79 Å². The first-order valence-corrected chi connectivity index (χ1v) is 7.18. The van der Waals surface area contributed by atoms with Gasteiger partial charge in [0.2, 0.25) is 5.91 Å². The highest BCUT2D eigenvalue weighted by atomic mass is 35.5. The Morgan fingerprint density at radius 3 is 2.22 bits per heavy atom. The van der Waals surface area contributed by atoms with Gasteiger partial charge in [-0.25, -0.2) is 0 Å². The van der Waals surface area contributed by atoms with Crippen molar-refractivity contribution in [3.05, 3.63) is 0 Å². The minimum absolute atomic E-state index is 0. The van der Waals surface area contributed by atoms with Crippen molar-refractivity contribution in [2.24, 2.45) is 29.4 Å². The topological polar surface area (TPSA) is 55.1 Å². The van der Waals surface area contributed by atoms with Gasteiger partial charge in [0, 0.05) is 12.5 Å². The minimum Gasteiger partial charge on any atom is -0.349 e. The quantitative estimate of drug-likeness (QED) is 0.823. The van der Waals surface area contributed by atoms with Gasteiger partial charge < -0.3 is 11.1 Å². The van der Waals surface area contributed by atoms with Gasteiger partial charge in [-0.1, -0.05) is 12.8 Å². The van der Waals surface area contributed by atoms with Gasteiger partial charge in [0.15, 0.2) is 0 Å². The lowest BCUT2D eigenvalue weighted by molar-refractivity contribution is -0.124. The van der Waals surface area contributed by atoms with Gasteiger partial charge in [-0.05, 0) is 50.4 Å². The standard InChI is InChI=1S/C14H24N2O.ClH/c1-14(8-15,9-6-7-9)16-13(17)12-10-4-2-3-5-11(10)12;/h9-12H,2-8,15H2,1H3,(H,16,17);1H. The molecule has 3 saturated carbocycles. The maximum atomic E-state index is 12.3. The predicted octanol–water partition coefficient (Wildman–Crippen LogP) is 2.09. The van der Waals surface area contributed by atoms with Gasteiger partial charge in [0.1, 0.15) is 0 Å². The number of hydrogen-bond acceptors (Lipinski definition) is 2. The molecule has 0 aliphatic heterocycles. The fraction of sp³-hybridized carbons (Fsp3) is 0.929. The van der Waals surface area contributed by atoms with Crippen molar-refractivity contribution in [3.63, 3.8) is 0 Å². The highest BCUT2D eigenvalue weighted by Gasteiger charge is 2.56. The number of fused-ring (bicyclic) bond motifs is 1. The van der Waals surface area contributed by atoms with Gasteiger partial charge in [-0.15, -0.1) is 12.4 Å². The molecule has 3 aliphatic carbocycles. The van der Waals surface area contributed by atoms with Crippen LogP contribution in [0.3, 0.4) is 0 Å². The molecule has 0 aromatic rings. The lowest BCUT2D eigenvalue weighted by Gasteiger charge is -2.29.